The van der Waals surface area contributed by atoms with E-state index in [1.807, 2.05) is 12.4 Å². The van der Waals surface area contributed by atoms with E-state index in [1.165, 1.54) is 11.3 Å². The SMILES string of the molecule is CNC1C(=O)N(c2cscn2)CCCC1C. The average molecular weight is 239 g/mol. The van der Waals surface area contributed by atoms with E-state index in [4.69, 9.17) is 0 Å². The van der Waals surface area contributed by atoms with Crippen LogP contribution >= 0.6 is 11.3 Å². The highest BCUT2D eigenvalue weighted by atomic mass is 32.1. The third-order valence-electron chi connectivity index (χ3n) is 3.15. The number of hydrogen-bond donors (Lipinski definition) is 1. The molecule has 1 aliphatic heterocycles. The second kappa shape index (κ2) is 4.93. The normalized spacial score (nSPS) is 26.9. The first kappa shape index (κ1) is 11.5. The Morgan fingerprint density at radius 3 is 3.06 bits per heavy atom. The number of nitrogens with zero attached hydrogens (tertiary/aromatic N) is 2. The van der Waals surface area contributed by atoms with Gasteiger partial charge in [0, 0.05) is 11.9 Å². The van der Waals surface area contributed by atoms with E-state index in [0.29, 0.717) is 5.92 Å². The standard InChI is InChI=1S/C11H17N3OS/c1-8-4-3-5-14(9-6-16-7-13-9)11(15)10(8)12-2/h6-8,10,12H,3-5H2,1-2H3. The molecule has 2 atom stereocenters. The lowest BCUT2D eigenvalue weighted by atomic mass is 9.98. The maximum Gasteiger partial charge on any atom is 0.245 e. The van der Waals surface area contributed by atoms with Gasteiger partial charge in [-0.3, -0.25) is 9.69 Å². The van der Waals surface area contributed by atoms with Crippen LogP contribution in [-0.4, -0.2) is 30.5 Å². The maximum atomic E-state index is 12.3. The fourth-order valence-electron chi connectivity index (χ4n) is 2.23. The van der Waals surface area contributed by atoms with E-state index < -0.39 is 0 Å². The molecule has 0 spiro atoms. The molecule has 0 aromatic carbocycles. The number of anilines is 1. The number of aromatic nitrogens is 1. The van der Waals surface area contributed by atoms with E-state index in [2.05, 4.69) is 17.2 Å². The lowest BCUT2D eigenvalue weighted by Crippen LogP contribution is -2.47. The minimum atomic E-state index is -0.0794. The van der Waals surface area contributed by atoms with Crippen molar-refractivity contribution in [3.63, 3.8) is 0 Å². The molecule has 0 radical (unpaired) electrons. The molecule has 16 heavy (non-hydrogen) atoms. The molecule has 1 fully saturated rings. The summed E-state index contributed by atoms with van der Waals surface area (Å²) in [7, 11) is 1.85. The molecule has 1 aliphatic rings. The van der Waals surface area contributed by atoms with Gasteiger partial charge in [0.15, 0.2) is 0 Å². The summed E-state index contributed by atoms with van der Waals surface area (Å²) in [6, 6.07) is -0.0794. The van der Waals surface area contributed by atoms with E-state index >= 15 is 0 Å². The van der Waals surface area contributed by atoms with Crippen molar-refractivity contribution < 1.29 is 4.79 Å². The van der Waals surface area contributed by atoms with E-state index in [9.17, 15) is 4.79 Å². The van der Waals surface area contributed by atoms with Crippen molar-refractivity contribution in [1.82, 2.24) is 10.3 Å². The second-order valence-corrected chi connectivity index (χ2v) is 4.94. The average Bonchev–Trinajstić information content (AvgIpc) is 2.74. The smallest absolute Gasteiger partial charge is 0.245 e. The first-order valence-corrected chi connectivity index (χ1v) is 6.55. The van der Waals surface area contributed by atoms with Crippen LogP contribution in [-0.2, 0) is 4.79 Å². The van der Waals surface area contributed by atoms with Gasteiger partial charge in [-0.2, -0.15) is 0 Å². The summed E-state index contributed by atoms with van der Waals surface area (Å²) < 4.78 is 0. The summed E-state index contributed by atoms with van der Waals surface area (Å²) in [5, 5.41) is 5.05. The third-order valence-corrected chi connectivity index (χ3v) is 3.72. The van der Waals surface area contributed by atoms with Gasteiger partial charge in [0.2, 0.25) is 5.91 Å². The monoisotopic (exact) mass is 239 g/mol. The van der Waals surface area contributed by atoms with Crippen LogP contribution in [0.2, 0.25) is 0 Å². The fraction of sp³-hybridized carbons (Fsp3) is 0.636. The summed E-state index contributed by atoms with van der Waals surface area (Å²) >= 11 is 1.53. The van der Waals surface area contributed by atoms with Crippen molar-refractivity contribution in [3.8, 4) is 0 Å². The quantitative estimate of drug-likeness (QED) is 0.850. The fourth-order valence-corrected chi connectivity index (χ4v) is 2.77. The zero-order chi connectivity index (χ0) is 11.5. The van der Waals surface area contributed by atoms with Crippen molar-refractivity contribution in [2.75, 3.05) is 18.5 Å². The van der Waals surface area contributed by atoms with Gasteiger partial charge in [-0.25, -0.2) is 4.98 Å². The molecule has 0 aliphatic carbocycles. The molecule has 2 unspecified atom stereocenters. The molecule has 2 rings (SSSR count). The predicted molar refractivity (Wildman–Crippen MR) is 65.7 cm³/mol. The highest BCUT2D eigenvalue weighted by Gasteiger charge is 2.32. The molecule has 0 saturated carbocycles. The van der Waals surface area contributed by atoms with Crippen LogP contribution in [0.1, 0.15) is 19.8 Å². The number of carbonyl (C=O) groups is 1. The summed E-state index contributed by atoms with van der Waals surface area (Å²) in [6.07, 6.45) is 2.13. The van der Waals surface area contributed by atoms with Crippen molar-refractivity contribution in [3.05, 3.63) is 10.9 Å². The molecule has 2 heterocycles. The molecule has 4 nitrogen and oxygen atoms in total. The Balaban J connectivity index is 2.23. The Morgan fingerprint density at radius 2 is 2.44 bits per heavy atom. The largest absolute Gasteiger partial charge is 0.309 e. The molecule has 88 valence electrons. The lowest BCUT2D eigenvalue weighted by molar-refractivity contribution is -0.121. The van der Waals surface area contributed by atoms with Gasteiger partial charge in [-0.1, -0.05) is 6.92 Å². The topological polar surface area (TPSA) is 45.2 Å². The highest BCUT2D eigenvalue weighted by Crippen LogP contribution is 2.23. The van der Waals surface area contributed by atoms with Crippen LogP contribution in [0, 0.1) is 5.92 Å². The number of rotatable bonds is 2. The van der Waals surface area contributed by atoms with Gasteiger partial charge in [0.05, 0.1) is 11.6 Å². The molecule has 1 aromatic heterocycles. The lowest BCUT2D eigenvalue weighted by Gasteiger charge is -2.24. The minimum Gasteiger partial charge on any atom is -0.309 e. The van der Waals surface area contributed by atoms with Crippen molar-refractivity contribution in [2.24, 2.45) is 5.92 Å². The number of amides is 1. The third kappa shape index (κ3) is 2.10. The molecule has 1 aromatic rings. The van der Waals surface area contributed by atoms with Gasteiger partial charge in [-0.05, 0) is 25.8 Å². The van der Waals surface area contributed by atoms with Crippen molar-refractivity contribution in [1.29, 1.82) is 0 Å². The van der Waals surface area contributed by atoms with Gasteiger partial charge >= 0.3 is 0 Å². The van der Waals surface area contributed by atoms with Crippen LogP contribution in [0.25, 0.3) is 0 Å². The first-order chi connectivity index (χ1) is 7.74. The van der Waals surface area contributed by atoms with Gasteiger partial charge in [0.1, 0.15) is 5.82 Å². The van der Waals surface area contributed by atoms with Crippen LogP contribution in [0.5, 0.6) is 0 Å². The molecule has 5 heteroatoms. The Morgan fingerprint density at radius 1 is 1.62 bits per heavy atom. The molecule has 1 saturated heterocycles. The summed E-state index contributed by atoms with van der Waals surface area (Å²) in [4.78, 5) is 18.3. The molecule has 1 amide bonds. The number of likely N-dealkylation sites (N-methyl/N-ethyl adjacent to an activating group) is 1. The zero-order valence-electron chi connectivity index (χ0n) is 9.64. The molecular weight excluding hydrogens is 222 g/mol. The Hall–Kier alpha value is -0.940. The first-order valence-electron chi connectivity index (χ1n) is 5.61. The molecule has 1 N–H and O–H groups in total. The minimum absolute atomic E-state index is 0.0794. The summed E-state index contributed by atoms with van der Waals surface area (Å²) in [5.74, 6) is 1.34. The van der Waals surface area contributed by atoms with Gasteiger partial charge in [-0.15, -0.1) is 11.3 Å². The van der Waals surface area contributed by atoms with Crippen LogP contribution in [0.15, 0.2) is 10.9 Å². The molecular formula is C11H17N3OS. The Kier molecular flexibility index (Phi) is 3.56. The van der Waals surface area contributed by atoms with Crippen molar-refractivity contribution >= 4 is 23.1 Å². The van der Waals surface area contributed by atoms with Crippen LogP contribution < -0.4 is 10.2 Å². The summed E-state index contributed by atoms with van der Waals surface area (Å²) in [5.41, 5.74) is 1.77. The van der Waals surface area contributed by atoms with E-state index in [0.717, 1.165) is 25.2 Å². The van der Waals surface area contributed by atoms with Gasteiger partial charge in [0.25, 0.3) is 0 Å². The number of carbonyl (C=O) groups excluding carboxylic acids is 1. The maximum absolute atomic E-state index is 12.3. The van der Waals surface area contributed by atoms with E-state index in [-0.39, 0.29) is 11.9 Å². The van der Waals surface area contributed by atoms with Crippen LogP contribution in [0.4, 0.5) is 5.82 Å². The summed E-state index contributed by atoms with van der Waals surface area (Å²) in [6.45, 7) is 2.91. The number of hydrogen-bond acceptors (Lipinski definition) is 4. The van der Waals surface area contributed by atoms with E-state index in [1.54, 1.807) is 10.4 Å². The Bertz CT molecular complexity index is 352. The highest BCUT2D eigenvalue weighted by molar-refractivity contribution is 7.07. The zero-order valence-corrected chi connectivity index (χ0v) is 10.5. The predicted octanol–water partition coefficient (Wildman–Crippen LogP) is 1.49. The second-order valence-electron chi connectivity index (χ2n) is 4.22. The van der Waals surface area contributed by atoms with Crippen LogP contribution in [0.3, 0.4) is 0 Å². The number of thiazole rings is 1. The van der Waals surface area contributed by atoms with Gasteiger partial charge < -0.3 is 5.32 Å². The number of nitrogens with one attached hydrogen (secondary N) is 1. The molecule has 0 bridgehead atoms. The Labute approximate surface area is 99.7 Å². The van der Waals surface area contributed by atoms with Crippen molar-refractivity contribution in [2.45, 2.75) is 25.8 Å².